The highest BCUT2D eigenvalue weighted by Crippen LogP contribution is 2.28. The summed E-state index contributed by atoms with van der Waals surface area (Å²) < 4.78 is 7.24. The van der Waals surface area contributed by atoms with Gasteiger partial charge in [-0.05, 0) is 38.8 Å². The van der Waals surface area contributed by atoms with Crippen molar-refractivity contribution in [3.05, 3.63) is 14.8 Å². The Morgan fingerprint density at radius 2 is 2.00 bits per heavy atom. The van der Waals surface area contributed by atoms with Gasteiger partial charge in [-0.3, -0.25) is 4.68 Å². The molecule has 1 heterocycles. The first-order chi connectivity index (χ1) is 8.88. The van der Waals surface area contributed by atoms with Gasteiger partial charge < -0.3 is 14.9 Å². The zero-order valence-electron chi connectivity index (χ0n) is 10.7. The van der Waals surface area contributed by atoms with Crippen molar-refractivity contribution in [1.29, 1.82) is 0 Å². The SMILES string of the molecule is CCOC(=O)c1c(Br)nn(CC(C)(CO)CO)c1Br. The van der Waals surface area contributed by atoms with E-state index in [-0.39, 0.29) is 26.4 Å². The average molecular weight is 400 g/mol. The fraction of sp³-hybridized carbons (Fsp3) is 0.636. The number of esters is 1. The first-order valence-electron chi connectivity index (χ1n) is 5.69. The fourth-order valence-corrected chi connectivity index (χ4v) is 2.76. The van der Waals surface area contributed by atoms with E-state index in [1.54, 1.807) is 13.8 Å². The van der Waals surface area contributed by atoms with Gasteiger partial charge in [-0.25, -0.2) is 4.79 Å². The maximum Gasteiger partial charge on any atom is 0.343 e. The molecule has 0 spiro atoms. The molecule has 0 amide bonds. The van der Waals surface area contributed by atoms with Crippen LogP contribution < -0.4 is 0 Å². The molecular weight excluding hydrogens is 384 g/mol. The summed E-state index contributed by atoms with van der Waals surface area (Å²) in [5.74, 6) is -0.484. The largest absolute Gasteiger partial charge is 0.462 e. The van der Waals surface area contributed by atoms with Gasteiger partial charge in [0, 0.05) is 5.41 Å². The Bertz CT molecular complexity index is 458. The Balaban J connectivity index is 3.06. The van der Waals surface area contributed by atoms with Gasteiger partial charge in [-0.15, -0.1) is 0 Å². The molecule has 6 nitrogen and oxygen atoms in total. The van der Waals surface area contributed by atoms with Crippen LogP contribution in [0, 0.1) is 5.41 Å². The maximum absolute atomic E-state index is 11.8. The molecule has 0 aliphatic heterocycles. The van der Waals surface area contributed by atoms with E-state index in [0.717, 1.165) is 0 Å². The van der Waals surface area contributed by atoms with E-state index in [4.69, 9.17) is 4.74 Å². The van der Waals surface area contributed by atoms with Crippen LogP contribution in [-0.2, 0) is 11.3 Å². The molecular formula is C11H16Br2N2O4. The van der Waals surface area contributed by atoms with Crippen LogP contribution in [-0.4, -0.2) is 45.8 Å². The molecule has 0 aliphatic carbocycles. The first-order valence-corrected chi connectivity index (χ1v) is 7.27. The molecule has 0 atom stereocenters. The quantitative estimate of drug-likeness (QED) is 0.709. The number of ether oxygens (including phenoxy) is 1. The van der Waals surface area contributed by atoms with Crippen LogP contribution in [0.2, 0.25) is 0 Å². The number of aliphatic hydroxyl groups excluding tert-OH is 2. The lowest BCUT2D eigenvalue weighted by atomic mass is 9.93. The number of aliphatic hydroxyl groups is 2. The van der Waals surface area contributed by atoms with Crippen LogP contribution in [0.15, 0.2) is 9.21 Å². The van der Waals surface area contributed by atoms with Crippen LogP contribution >= 0.6 is 31.9 Å². The average Bonchev–Trinajstić information content (AvgIpc) is 2.64. The van der Waals surface area contributed by atoms with Gasteiger partial charge in [0.05, 0.1) is 26.4 Å². The second-order valence-corrected chi connectivity index (χ2v) is 5.96. The summed E-state index contributed by atoms with van der Waals surface area (Å²) in [6, 6.07) is 0. The molecule has 0 radical (unpaired) electrons. The summed E-state index contributed by atoms with van der Waals surface area (Å²) in [5.41, 5.74) is -0.431. The number of carbonyl (C=O) groups excluding carboxylic acids is 1. The number of rotatable bonds is 6. The summed E-state index contributed by atoms with van der Waals surface area (Å²) in [4.78, 5) is 11.8. The van der Waals surface area contributed by atoms with Crippen molar-refractivity contribution in [3.63, 3.8) is 0 Å². The van der Waals surface area contributed by atoms with E-state index in [1.807, 2.05) is 0 Å². The van der Waals surface area contributed by atoms with Gasteiger partial charge in [-0.2, -0.15) is 5.10 Å². The first kappa shape index (κ1) is 16.6. The molecule has 1 aromatic heterocycles. The number of nitrogens with zero attached hydrogens (tertiary/aromatic N) is 2. The van der Waals surface area contributed by atoms with Crippen LogP contribution in [0.1, 0.15) is 24.2 Å². The van der Waals surface area contributed by atoms with Crippen molar-refractivity contribution in [1.82, 2.24) is 9.78 Å². The molecule has 0 unspecified atom stereocenters. The fourth-order valence-electron chi connectivity index (χ4n) is 1.40. The van der Waals surface area contributed by atoms with Gasteiger partial charge in [0.25, 0.3) is 0 Å². The zero-order chi connectivity index (χ0) is 14.6. The van der Waals surface area contributed by atoms with E-state index < -0.39 is 11.4 Å². The normalized spacial score (nSPS) is 11.7. The predicted molar refractivity (Wildman–Crippen MR) is 75.9 cm³/mol. The zero-order valence-corrected chi connectivity index (χ0v) is 13.9. The molecule has 8 heteroatoms. The third kappa shape index (κ3) is 3.77. The van der Waals surface area contributed by atoms with Gasteiger partial charge in [0.2, 0.25) is 0 Å². The minimum Gasteiger partial charge on any atom is -0.462 e. The third-order valence-corrected chi connectivity index (χ3v) is 3.98. The number of carbonyl (C=O) groups is 1. The third-order valence-electron chi connectivity index (χ3n) is 2.62. The van der Waals surface area contributed by atoms with Crippen molar-refractivity contribution in [2.24, 2.45) is 5.41 Å². The predicted octanol–water partition coefficient (Wildman–Crippen LogP) is 1.58. The van der Waals surface area contributed by atoms with E-state index in [2.05, 4.69) is 37.0 Å². The minimum atomic E-state index is -0.722. The standard InChI is InChI=1S/C11H16Br2N2O4/c1-3-19-10(18)7-8(12)14-15(9(7)13)4-11(2,5-16)6-17/h16-17H,3-6H2,1-2H3. The molecule has 1 aromatic rings. The maximum atomic E-state index is 11.8. The Labute approximate surface area is 128 Å². The Hall–Kier alpha value is -0.440. The van der Waals surface area contributed by atoms with Crippen molar-refractivity contribution in [3.8, 4) is 0 Å². The van der Waals surface area contributed by atoms with Crippen LogP contribution in [0.25, 0.3) is 0 Å². The van der Waals surface area contributed by atoms with Crippen LogP contribution in [0.3, 0.4) is 0 Å². The van der Waals surface area contributed by atoms with Crippen molar-refractivity contribution >= 4 is 37.8 Å². The van der Waals surface area contributed by atoms with Crippen LogP contribution in [0.4, 0.5) is 0 Å². The molecule has 0 aromatic carbocycles. The Morgan fingerprint density at radius 3 is 2.47 bits per heavy atom. The summed E-state index contributed by atoms with van der Waals surface area (Å²) in [5, 5.41) is 22.7. The summed E-state index contributed by atoms with van der Waals surface area (Å²) in [6.07, 6.45) is 0. The topological polar surface area (TPSA) is 84.6 Å². The lowest BCUT2D eigenvalue weighted by Gasteiger charge is -2.24. The highest BCUT2D eigenvalue weighted by atomic mass is 79.9. The van der Waals surface area contributed by atoms with Gasteiger partial charge in [0.1, 0.15) is 14.8 Å². The molecule has 0 aliphatic rings. The summed E-state index contributed by atoms with van der Waals surface area (Å²) >= 11 is 6.49. The highest BCUT2D eigenvalue weighted by molar-refractivity contribution is 9.11. The van der Waals surface area contributed by atoms with E-state index >= 15 is 0 Å². The summed E-state index contributed by atoms with van der Waals surface area (Å²) in [7, 11) is 0. The Kier molecular flexibility index (Phi) is 5.97. The van der Waals surface area contributed by atoms with Gasteiger partial charge in [-0.1, -0.05) is 6.92 Å². The molecule has 0 bridgehead atoms. The molecule has 0 saturated carbocycles. The van der Waals surface area contributed by atoms with Gasteiger partial charge in [0.15, 0.2) is 0 Å². The lowest BCUT2D eigenvalue weighted by molar-refractivity contribution is 0.0508. The monoisotopic (exact) mass is 398 g/mol. The molecule has 0 fully saturated rings. The minimum absolute atomic E-state index is 0.192. The molecule has 19 heavy (non-hydrogen) atoms. The molecule has 108 valence electrons. The molecule has 1 rings (SSSR count). The molecule has 2 N–H and O–H groups in total. The highest BCUT2D eigenvalue weighted by Gasteiger charge is 2.28. The lowest BCUT2D eigenvalue weighted by Crippen LogP contribution is -2.32. The van der Waals surface area contributed by atoms with Crippen molar-refractivity contribution in [2.75, 3.05) is 19.8 Å². The second kappa shape index (κ2) is 6.83. The second-order valence-electron chi connectivity index (χ2n) is 4.46. The van der Waals surface area contributed by atoms with Crippen LogP contribution in [0.5, 0.6) is 0 Å². The van der Waals surface area contributed by atoms with E-state index in [1.165, 1.54) is 4.68 Å². The number of hydrogen-bond acceptors (Lipinski definition) is 5. The van der Waals surface area contributed by atoms with E-state index in [0.29, 0.717) is 14.8 Å². The van der Waals surface area contributed by atoms with E-state index in [9.17, 15) is 15.0 Å². The number of halogens is 2. The smallest absolute Gasteiger partial charge is 0.343 e. The molecule has 0 saturated heterocycles. The number of hydrogen-bond donors (Lipinski definition) is 2. The number of aromatic nitrogens is 2. The van der Waals surface area contributed by atoms with Gasteiger partial charge >= 0.3 is 5.97 Å². The van der Waals surface area contributed by atoms with Crippen molar-refractivity contribution in [2.45, 2.75) is 20.4 Å². The van der Waals surface area contributed by atoms with Crippen molar-refractivity contribution < 1.29 is 19.7 Å². The summed E-state index contributed by atoms with van der Waals surface area (Å²) in [6.45, 7) is 3.59. The Morgan fingerprint density at radius 1 is 1.42 bits per heavy atom.